The van der Waals surface area contributed by atoms with Gasteiger partial charge in [0.1, 0.15) is 0 Å². The molecular formula is C22H24N2O2S. The van der Waals surface area contributed by atoms with Crippen LogP contribution >= 0.6 is 0 Å². The number of hydrogen-bond donors (Lipinski definition) is 1. The van der Waals surface area contributed by atoms with E-state index in [1.807, 2.05) is 83.8 Å². The summed E-state index contributed by atoms with van der Waals surface area (Å²) in [6.07, 6.45) is 0. The fourth-order valence-corrected chi connectivity index (χ4v) is 3.40. The number of benzene rings is 3. The summed E-state index contributed by atoms with van der Waals surface area (Å²) < 4.78 is 27.3. The van der Waals surface area contributed by atoms with Gasteiger partial charge in [-0.1, -0.05) is 48.5 Å². The van der Waals surface area contributed by atoms with Crippen LogP contribution in [-0.2, 0) is 10.0 Å². The monoisotopic (exact) mass is 380 g/mol. The number of anilines is 4. The van der Waals surface area contributed by atoms with Crippen LogP contribution in [-0.4, -0.2) is 13.2 Å². The minimum atomic E-state index is -3.55. The van der Waals surface area contributed by atoms with Gasteiger partial charge in [-0.2, -0.15) is 0 Å². The first-order chi connectivity index (χ1) is 12.8. The van der Waals surface area contributed by atoms with Crippen molar-refractivity contribution >= 4 is 32.8 Å². The molecule has 0 aliphatic rings. The Labute approximate surface area is 161 Å². The first-order valence-corrected chi connectivity index (χ1v) is 10.3. The second-order valence-corrected chi connectivity index (χ2v) is 9.68. The van der Waals surface area contributed by atoms with E-state index >= 15 is 0 Å². The lowest BCUT2D eigenvalue weighted by atomic mass is 10.1. The van der Waals surface area contributed by atoms with E-state index in [0.717, 1.165) is 17.1 Å². The summed E-state index contributed by atoms with van der Waals surface area (Å²) in [5.74, 6) is 0. The standard InChI is InChI=1S/C22H24N2O2S/c1-22(2,3)27(25,26)23-20-16-10-11-17-21(20)24(18-12-6-4-7-13-18)19-14-8-5-9-15-19/h4-17,23H,1-3H3. The summed E-state index contributed by atoms with van der Waals surface area (Å²) in [6.45, 7) is 5.05. The molecule has 0 spiro atoms. The van der Waals surface area contributed by atoms with E-state index in [2.05, 4.69) is 4.72 Å². The van der Waals surface area contributed by atoms with Crippen LogP contribution in [0.15, 0.2) is 84.9 Å². The van der Waals surface area contributed by atoms with Crippen LogP contribution in [0.3, 0.4) is 0 Å². The van der Waals surface area contributed by atoms with Crippen molar-refractivity contribution in [2.24, 2.45) is 0 Å². The van der Waals surface area contributed by atoms with E-state index in [0.29, 0.717) is 5.69 Å². The van der Waals surface area contributed by atoms with Gasteiger partial charge in [0, 0.05) is 11.4 Å². The molecule has 1 N–H and O–H groups in total. The number of nitrogens with zero attached hydrogens (tertiary/aromatic N) is 1. The molecule has 3 aromatic carbocycles. The third-order valence-electron chi connectivity index (χ3n) is 4.22. The predicted octanol–water partition coefficient (Wildman–Crippen LogP) is 5.70. The van der Waals surface area contributed by atoms with E-state index in [-0.39, 0.29) is 0 Å². The largest absolute Gasteiger partial charge is 0.308 e. The number of sulfonamides is 1. The Morgan fingerprint density at radius 3 is 1.63 bits per heavy atom. The van der Waals surface area contributed by atoms with Gasteiger partial charge in [-0.25, -0.2) is 8.42 Å². The van der Waals surface area contributed by atoms with Crippen LogP contribution in [0.25, 0.3) is 0 Å². The maximum absolute atomic E-state index is 12.7. The molecule has 0 radical (unpaired) electrons. The quantitative estimate of drug-likeness (QED) is 0.618. The van der Waals surface area contributed by atoms with Crippen LogP contribution in [0.2, 0.25) is 0 Å². The molecule has 0 saturated heterocycles. The molecular weight excluding hydrogens is 356 g/mol. The maximum atomic E-state index is 12.7. The molecule has 4 nitrogen and oxygen atoms in total. The zero-order valence-electron chi connectivity index (χ0n) is 15.8. The Bertz CT molecular complexity index is 956. The summed E-state index contributed by atoms with van der Waals surface area (Å²) in [5.41, 5.74) is 3.21. The molecule has 0 saturated carbocycles. The minimum Gasteiger partial charge on any atom is -0.308 e. The van der Waals surface area contributed by atoms with Crippen LogP contribution in [0, 0.1) is 0 Å². The van der Waals surface area contributed by atoms with Gasteiger partial charge in [0.2, 0.25) is 10.0 Å². The molecule has 0 fully saturated rings. The predicted molar refractivity (Wildman–Crippen MR) is 113 cm³/mol. The van der Waals surface area contributed by atoms with Crippen molar-refractivity contribution < 1.29 is 8.42 Å². The molecule has 0 heterocycles. The lowest BCUT2D eigenvalue weighted by molar-refractivity contribution is 0.566. The zero-order valence-corrected chi connectivity index (χ0v) is 16.6. The van der Waals surface area contributed by atoms with Crippen molar-refractivity contribution in [2.75, 3.05) is 9.62 Å². The third kappa shape index (κ3) is 4.14. The molecule has 0 bridgehead atoms. The van der Waals surface area contributed by atoms with E-state index in [1.54, 1.807) is 26.8 Å². The molecule has 0 aliphatic heterocycles. The number of para-hydroxylation sites is 4. The fraction of sp³-hybridized carbons (Fsp3) is 0.182. The Hall–Kier alpha value is -2.79. The van der Waals surface area contributed by atoms with Gasteiger partial charge in [-0.15, -0.1) is 0 Å². The molecule has 140 valence electrons. The van der Waals surface area contributed by atoms with Gasteiger partial charge in [0.05, 0.1) is 16.1 Å². The van der Waals surface area contributed by atoms with E-state index in [1.165, 1.54) is 0 Å². The van der Waals surface area contributed by atoms with E-state index in [4.69, 9.17) is 0 Å². The summed E-state index contributed by atoms with van der Waals surface area (Å²) >= 11 is 0. The SMILES string of the molecule is CC(C)(C)S(=O)(=O)Nc1ccccc1N(c1ccccc1)c1ccccc1. The molecule has 3 aromatic rings. The van der Waals surface area contributed by atoms with Crippen LogP contribution in [0.4, 0.5) is 22.7 Å². The van der Waals surface area contributed by atoms with Crippen molar-refractivity contribution in [3.05, 3.63) is 84.9 Å². The summed E-state index contributed by atoms with van der Waals surface area (Å²) in [5, 5.41) is 0. The van der Waals surface area contributed by atoms with Crippen LogP contribution in [0.1, 0.15) is 20.8 Å². The highest BCUT2D eigenvalue weighted by Crippen LogP contribution is 2.39. The Morgan fingerprint density at radius 1 is 0.704 bits per heavy atom. The second-order valence-electron chi connectivity index (χ2n) is 7.24. The molecule has 27 heavy (non-hydrogen) atoms. The highest BCUT2D eigenvalue weighted by molar-refractivity contribution is 7.94. The van der Waals surface area contributed by atoms with Gasteiger partial charge in [0.15, 0.2) is 0 Å². The zero-order chi connectivity index (χ0) is 19.5. The minimum absolute atomic E-state index is 0.542. The maximum Gasteiger partial charge on any atom is 0.237 e. The third-order valence-corrected chi connectivity index (χ3v) is 6.33. The van der Waals surface area contributed by atoms with Gasteiger partial charge in [0.25, 0.3) is 0 Å². The highest BCUT2D eigenvalue weighted by Gasteiger charge is 2.30. The van der Waals surface area contributed by atoms with Crippen molar-refractivity contribution in [1.29, 1.82) is 0 Å². The van der Waals surface area contributed by atoms with Gasteiger partial charge < -0.3 is 4.90 Å². The van der Waals surface area contributed by atoms with Crippen molar-refractivity contribution in [1.82, 2.24) is 0 Å². The topological polar surface area (TPSA) is 49.4 Å². The average Bonchev–Trinajstić information content (AvgIpc) is 2.64. The first-order valence-electron chi connectivity index (χ1n) is 8.81. The number of nitrogens with one attached hydrogen (secondary N) is 1. The van der Waals surface area contributed by atoms with Gasteiger partial charge >= 0.3 is 0 Å². The second kappa shape index (κ2) is 7.45. The fourth-order valence-electron chi connectivity index (χ4n) is 2.63. The van der Waals surface area contributed by atoms with Crippen molar-refractivity contribution in [3.63, 3.8) is 0 Å². The summed E-state index contributed by atoms with van der Waals surface area (Å²) in [6, 6.07) is 27.2. The summed E-state index contributed by atoms with van der Waals surface area (Å²) in [7, 11) is -3.55. The number of hydrogen-bond acceptors (Lipinski definition) is 3. The molecule has 3 rings (SSSR count). The molecule has 0 amide bonds. The van der Waals surface area contributed by atoms with Crippen LogP contribution in [0.5, 0.6) is 0 Å². The van der Waals surface area contributed by atoms with Gasteiger partial charge in [-0.3, -0.25) is 4.72 Å². The van der Waals surface area contributed by atoms with Crippen molar-refractivity contribution in [2.45, 2.75) is 25.5 Å². The first kappa shape index (κ1) is 19.0. The van der Waals surface area contributed by atoms with Gasteiger partial charge in [-0.05, 0) is 57.2 Å². The van der Waals surface area contributed by atoms with E-state index in [9.17, 15) is 8.42 Å². The molecule has 0 aliphatic carbocycles. The molecule has 0 atom stereocenters. The Morgan fingerprint density at radius 2 is 1.15 bits per heavy atom. The number of rotatable bonds is 5. The Balaban J connectivity index is 2.15. The lowest BCUT2D eigenvalue weighted by Gasteiger charge is -2.29. The Kier molecular flexibility index (Phi) is 5.24. The van der Waals surface area contributed by atoms with E-state index < -0.39 is 14.8 Å². The lowest BCUT2D eigenvalue weighted by Crippen LogP contribution is -2.34. The molecule has 5 heteroatoms. The molecule has 0 unspecified atom stereocenters. The average molecular weight is 381 g/mol. The van der Waals surface area contributed by atoms with Crippen LogP contribution < -0.4 is 9.62 Å². The van der Waals surface area contributed by atoms with Crippen molar-refractivity contribution in [3.8, 4) is 0 Å². The highest BCUT2D eigenvalue weighted by atomic mass is 32.2. The normalized spacial score (nSPS) is 11.8. The smallest absolute Gasteiger partial charge is 0.237 e. The summed E-state index contributed by atoms with van der Waals surface area (Å²) in [4.78, 5) is 2.04. The molecule has 0 aromatic heterocycles.